The first kappa shape index (κ1) is 16.2. The number of benzene rings is 1. The Hall–Kier alpha value is -3.15. The molecule has 23 heavy (non-hydrogen) atoms. The Morgan fingerprint density at radius 1 is 1.26 bits per heavy atom. The lowest BCUT2D eigenvalue weighted by atomic mass is 10.2. The molecule has 2 N–H and O–H groups in total. The van der Waals surface area contributed by atoms with Crippen LogP contribution in [-0.2, 0) is 11.0 Å². The standard InChI is InChI=1S/C14H10F3N5O/c1-8(23)20-12-7-19-13(11(6-18)22-12)21-10-4-2-9(3-5-10)14(15,16)17/h2-5,7H,1H3,(H,19,21)(H,20,22,23). The lowest BCUT2D eigenvalue weighted by Crippen LogP contribution is -2.10. The van der Waals surface area contributed by atoms with Crippen LogP contribution in [0.15, 0.2) is 30.5 Å². The first-order chi connectivity index (χ1) is 10.8. The zero-order valence-corrected chi connectivity index (χ0v) is 11.8. The highest BCUT2D eigenvalue weighted by Crippen LogP contribution is 2.30. The van der Waals surface area contributed by atoms with Crippen molar-refractivity contribution in [2.24, 2.45) is 0 Å². The normalized spacial score (nSPS) is 10.7. The van der Waals surface area contributed by atoms with Crippen molar-refractivity contribution in [3.63, 3.8) is 0 Å². The minimum Gasteiger partial charge on any atom is -0.338 e. The number of carbonyl (C=O) groups is 1. The fourth-order valence-electron chi connectivity index (χ4n) is 1.68. The minimum absolute atomic E-state index is 0.0707. The summed E-state index contributed by atoms with van der Waals surface area (Å²) in [6.45, 7) is 1.28. The molecule has 0 bridgehead atoms. The Labute approximate surface area is 129 Å². The van der Waals surface area contributed by atoms with Gasteiger partial charge < -0.3 is 10.6 Å². The van der Waals surface area contributed by atoms with Crippen molar-refractivity contribution < 1.29 is 18.0 Å². The maximum absolute atomic E-state index is 12.5. The van der Waals surface area contributed by atoms with Crippen molar-refractivity contribution in [1.29, 1.82) is 5.26 Å². The van der Waals surface area contributed by atoms with E-state index in [-0.39, 0.29) is 23.2 Å². The number of hydrogen-bond donors (Lipinski definition) is 2. The molecule has 0 aliphatic rings. The van der Waals surface area contributed by atoms with Gasteiger partial charge >= 0.3 is 6.18 Å². The van der Waals surface area contributed by atoms with Crippen molar-refractivity contribution in [1.82, 2.24) is 9.97 Å². The van der Waals surface area contributed by atoms with Crippen LogP contribution in [0.25, 0.3) is 0 Å². The summed E-state index contributed by atoms with van der Waals surface area (Å²) in [7, 11) is 0. The molecule has 0 aliphatic heterocycles. The van der Waals surface area contributed by atoms with E-state index in [0.29, 0.717) is 5.69 Å². The lowest BCUT2D eigenvalue weighted by molar-refractivity contribution is -0.137. The third-order valence-corrected chi connectivity index (χ3v) is 2.66. The SMILES string of the molecule is CC(=O)Nc1cnc(Nc2ccc(C(F)(F)F)cc2)c(C#N)n1. The summed E-state index contributed by atoms with van der Waals surface area (Å²) in [5, 5.41) is 14.1. The van der Waals surface area contributed by atoms with E-state index < -0.39 is 11.7 Å². The fourth-order valence-corrected chi connectivity index (χ4v) is 1.68. The Morgan fingerprint density at radius 3 is 2.43 bits per heavy atom. The molecule has 1 aromatic carbocycles. The molecule has 118 valence electrons. The van der Waals surface area contributed by atoms with Crippen LogP contribution in [0.5, 0.6) is 0 Å². The minimum atomic E-state index is -4.42. The number of hydrogen-bond acceptors (Lipinski definition) is 5. The van der Waals surface area contributed by atoms with E-state index >= 15 is 0 Å². The van der Waals surface area contributed by atoms with Gasteiger partial charge in [0, 0.05) is 12.6 Å². The van der Waals surface area contributed by atoms with Crippen LogP contribution >= 0.6 is 0 Å². The van der Waals surface area contributed by atoms with E-state index in [0.717, 1.165) is 12.1 Å². The molecule has 2 rings (SSSR count). The molecule has 0 atom stereocenters. The van der Waals surface area contributed by atoms with Crippen molar-refractivity contribution in [3.05, 3.63) is 41.7 Å². The number of halogens is 3. The van der Waals surface area contributed by atoms with Crippen molar-refractivity contribution >= 4 is 23.2 Å². The number of nitrogens with zero attached hydrogens (tertiary/aromatic N) is 3. The van der Waals surface area contributed by atoms with Gasteiger partial charge in [-0.15, -0.1) is 0 Å². The average molecular weight is 321 g/mol. The molecule has 2 aromatic rings. The Bertz CT molecular complexity index is 765. The monoisotopic (exact) mass is 321 g/mol. The molecule has 0 unspecified atom stereocenters. The number of amides is 1. The number of anilines is 3. The van der Waals surface area contributed by atoms with Crippen LogP contribution in [0.1, 0.15) is 18.2 Å². The van der Waals surface area contributed by atoms with Gasteiger partial charge in [0.25, 0.3) is 0 Å². The topological polar surface area (TPSA) is 90.7 Å². The van der Waals surface area contributed by atoms with Gasteiger partial charge in [-0.1, -0.05) is 0 Å². The number of carbonyl (C=O) groups excluding carboxylic acids is 1. The zero-order valence-electron chi connectivity index (χ0n) is 11.8. The Balaban J connectivity index is 2.23. The predicted octanol–water partition coefficient (Wildman–Crippen LogP) is 3.07. The van der Waals surface area contributed by atoms with Gasteiger partial charge in [-0.05, 0) is 24.3 Å². The molecule has 0 saturated heterocycles. The van der Waals surface area contributed by atoms with Gasteiger partial charge in [0.05, 0.1) is 11.8 Å². The quantitative estimate of drug-likeness (QED) is 0.906. The van der Waals surface area contributed by atoms with Gasteiger partial charge in [0.1, 0.15) is 6.07 Å². The summed E-state index contributed by atoms with van der Waals surface area (Å²) in [5.74, 6) is -0.194. The first-order valence-electron chi connectivity index (χ1n) is 6.28. The van der Waals surface area contributed by atoms with Crippen LogP contribution in [-0.4, -0.2) is 15.9 Å². The van der Waals surface area contributed by atoms with Crippen molar-refractivity contribution in [3.8, 4) is 6.07 Å². The highest BCUT2D eigenvalue weighted by Gasteiger charge is 2.29. The lowest BCUT2D eigenvalue weighted by Gasteiger charge is -2.10. The number of nitrogens with one attached hydrogen (secondary N) is 2. The van der Waals surface area contributed by atoms with Gasteiger partial charge in [-0.25, -0.2) is 9.97 Å². The molecule has 0 radical (unpaired) electrons. The maximum atomic E-state index is 12.5. The molecule has 0 fully saturated rings. The smallest absolute Gasteiger partial charge is 0.338 e. The number of nitriles is 1. The number of aromatic nitrogens is 2. The van der Waals surface area contributed by atoms with Crippen LogP contribution in [0.3, 0.4) is 0 Å². The second kappa shape index (κ2) is 6.31. The summed E-state index contributed by atoms with van der Waals surface area (Å²) in [4.78, 5) is 18.8. The molecular weight excluding hydrogens is 311 g/mol. The molecule has 1 aromatic heterocycles. The molecule has 0 aliphatic carbocycles. The van der Waals surface area contributed by atoms with E-state index in [1.807, 2.05) is 0 Å². The van der Waals surface area contributed by atoms with Crippen molar-refractivity contribution in [2.75, 3.05) is 10.6 Å². The second-order valence-corrected chi connectivity index (χ2v) is 4.45. The summed E-state index contributed by atoms with van der Waals surface area (Å²) >= 11 is 0. The van der Waals surface area contributed by atoms with Crippen LogP contribution in [0.4, 0.5) is 30.5 Å². The van der Waals surface area contributed by atoms with Crippen molar-refractivity contribution in [2.45, 2.75) is 13.1 Å². The molecule has 1 heterocycles. The molecular formula is C14H10F3N5O. The zero-order chi connectivity index (χ0) is 17.0. The largest absolute Gasteiger partial charge is 0.416 e. The van der Waals surface area contributed by atoms with Crippen LogP contribution in [0.2, 0.25) is 0 Å². The van der Waals surface area contributed by atoms with Gasteiger partial charge in [0.15, 0.2) is 17.3 Å². The third kappa shape index (κ3) is 4.16. The first-order valence-corrected chi connectivity index (χ1v) is 6.28. The van der Waals surface area contributed by atoms with Gasteiger partial charge in [-0.3, -0.25) is 4.79 Å². The van der Waals surface area contributed by atoms with Gasteiger partial charge in [0.2, 0.25) is 5.91 Å². The third-order valence-electron chi connectivity index (χ3n) is 2.66. The number of alkyl halides is 3. The highest BCUT2D eigenvalue weighted by atomic mass is 19.4. The maximum Gasteiger partial charge on any atom is 0.416 e. The summed E-state index contributed by atoms with van der Waals surface area (Å²) < 4.78 is 37.5. The predicted molar refractivity (Wildman–Crippen MR) is 75.8 cm³/mol. The van der Waals surface area contributed by atoms with E-state index in [1.54, 1.807) is 6.07 Å². The fraction of sp³-hybridized carbons (Fsp3) is 0.143. The molecule has 1 amide bonds. The van der Waals surface area contributed by atoms with E-state index in [9.17, 15) is 18.0 Å². The summed E-state index contributed by atoms with van der Waals surface area (Å²) in [5.41, 5.74) is -0.567. The van der Waals surface area contributed by atoms with E-state index in [4.69, 9.17) is 5.26 Å². The molecule has 0 spiro atoms. The second-order valence-electron chi connectivity index (χ2n) is 4.45. The van der Waals surface area contributed by atoms with Crippen LogP contribution in [0, 0.1) is 11.3 Å². The molecule has 9 heteroatoms. The Morgan fingerprint density at radius 2 is 1.91 bits per heavy atom. The Kier molecular flexibility index (Phi) is 4.45. The van der Waals surface area contributed by atoms with Crippen LogP contribution < -0.4 is 10.6 Å². The molecule has 6 nitrogen and oxygen atoms in total. The summed E-state index contributed by atoms with van der Waals surface area (Å²) in [6, 6.07) is 6.05. The number of rotatable bonds is 3. The highest BCUT2D eigenvalue weighted by molar-refractivity contribution is 5.87. The van der Waals surface area contributed by atoms with E-state index in [1.165, 1.54) is 25.3 Å². The van der Waals surface area contributed by atoms with E-state index in [2.05, 4.69) is 20.6 Å². The summed E-state index contributed by atoms with van der Waals surface area (Å²) in [6.07, 6.45) is -3.19. The van der Waals surface area contributed by atoms with Gasteiger partial charge in [-0.2, -0.15) is 18.4 Å². The average Bonchev–Trinajstić information content (AvgIpc) is 2.48. The molecule has 0 saturated carbocycles.